The van der Waals surface area contributed by atoms with Gasteiger partial charge in [0.1, 0.15) is 18.2 Å². The van der Waals surface area contributed by atoms with E-state index in [1.54, 1.807) is 6.92 Å². The lowest BCUT2D eigenvalue weighted by Crippen LogP contribution is -2.41. The van der Waals surface area contributed by atoms with Gasteiger partial charge in [-0.25, -0.2) is 17.2 Å². The average Bonchev–Trinajstić information content (AvgIpc) is 2.54. The highest BCUT2D eigenvalue weighted by Gasteiger charge is 2.25. The number of carbonyl (C=O) groups excluding carboxylic acids is 1. The molecule has 0 radical (unpaired) electrons. The largest absolute Gasteiger partial charge is 0.348 e. The summed E-state index contributed by atoms with van der Waals surface area (Å²) in [4.78, 5) is 12.4. The summed E-state index contributed by atoms with van der Waals surface area (Å²) in [5.74, 6) is -2.49. The SMILES string of the molecule is Cc1ccc(C)c([C@H](C)NC(=O)CN(c2ccc(F)cc2F)S(C)(=O)=O)c1. The predicted octanol–water partition coefficient (Wildman–Crippen LogP) is 3.23. The molecule has 0 aliphatic heterocycles. The maximum absolute atomic E-state index is 14.0. The minimum Gasteiger partial charge on any atom is -0.348 e. The number of amides is 1. The van der Waals surface area contributed by atoms with Gasteiger partial charge in [-0.05, 0) is 44.0 Å². The molecular formula is C19H22F2N2O3S. The molecule has 27 heavy (non-hydrogen) atoms. The topological polar surface area (TPSA) is 66.5 Å². The molecule has 5 nitrogen and oxygen atoms in total. The molecule has 2 rings (SSSR count). The number of benzene rings is 2. The van der Waals surface area contributed by atoms with Crippen molar-refractivity contribution in [2.24, 2.45) is 0 Å². The van der Waals surface area contributed by atoms with Crippen molar-refractivity contribution in [1.29, 1.82) is 0 Å². The number of nitrogens with one attached hydrogen (secondary N) is 1. The molecule has 0 fully saturated rings. The van der Waals surface area contributed by atoms with Gasteiger partial charge in [0.15, 0.2) is 0 Å². The normalized spacial score (nSPS) is 12.5. The molecule has 1 amide bonds. The van der Waals surface area contributed by atoms with Crippen LogP contribution in [-0.4, -0.2) is 27.1 Å². The van der Waals surface area contributed by atoms with Crippen molar-refractivity contribution in [1.82, 2.24) is 5.32 Å². The lowest BCUT2D eigenvalue weighted by Gasteiger charge is -2.24. The molecule has 0 aromatic heterocycles. The predicted molar refractivity (Wildman–Crippen MR) is 101 cm³/mol. The Morgan fingerprint density at radius 1 is 1.15 bits per heavy atom. The molecule has 8 heteroatoms. The molecule has 0 unspecified atom stereocenters. The van der Waals surface area contributed by atoms with E-state index in [2.05, 4.69) is 5.32 Å². The third kappa shape index (κ3) is 5.26. The van der Waals surface area contributed by atoms with Gasteiger partial charge in [0.05, 0.1) is 18.0 Å². The van der Waals surface area contributed by atoms with Gasteiger partial charge in [0.25, 0.3) is 0 Å². The second-order valence-corrected chi connectivity index (χ2v) is 8.42. The van der Waals surface area contributed by atoms with Crippen molar-refractivity contribution in [2.45, 2.75) is 26.8 Å². The zero-order valence-electron chi connectivity index (χ0n) is 15.6. The Balaban J connectivity index is 2.23. The Bertz CT molecular complexity index is 961. The van der Waals surface area contributed by atoms with E-state index in [1.807, 2.05) is 32.0 Å². The van der Waals surface area contributed by atoms with Crippen LogP contribution in [0.4, 0.5) is 14.5 Å². The molecule has 1 atom stereocenters. The quantitative estimate of drug-likeness (QED) is 0.815. The van der Waals surface area contributed by atoms with E-state index in [1.165, 1.54) is 0 Å². The van der Waals surface area contributed by atoms with Gasteiger partial charge < -0.3 is 5.32 Å². The average molecular weight is 396 g/mol. The zero-order chi connectivity index (χ0) is 20.4. The van der Waals surface area contributed by atoms with Gasteiger partial charge >= 0.3 is 0 Å². The Labute approximate surface area is 158 Å². The number of hydrogen-bond acceptors (Lipinski definition) is 3. The van der Waals surface area contributed by atoms with Crippen LogP contribution in [0.15, 0.2) is 36.4 Å². The second-order valence-electron chi connectivity index (χ2n) is 6.51. The number of sulfonamides is 1. The van der Waals surface area contributed by atoms with Crippen molar-refractivity contribution in [3.8, 4) is 0 Å². The number of anilines is 1. The fourth-order valence-electron chi connectivity index (χ4n) is 2.79. The minimum absolute atomic E-state index is 0.364. The molecular weight excluding hydrogens is 374 g/mol. The van der Waals surface area contributed by atoms with Crippen LogP contribution in [0.2, 0.25) is 0 Å². The van der Waals surface area contributed by atoms with Crippen LogP contribution < -0.4 is 9.62 Å². The van der Waals surface area contributed by atoms with Crippen LogP contribution >= 0.6 is 0 Å². The van der Waals surface area contributed by atoms with Gasteiger partial charge in [-0.15, -0.1) is 0 Å². The summed E-state index contributed by atoms with van der Waals surface area (Å²) in [6, 6.07) is 7.97. The smallest absolute Gasteiger partial charge is 0.241 e. The zero-order valence-corrected chi connectivity index (χ0v) is 16.4. The molecule has 2 aromatic carbocycles. The summed E-state index contributed by atoms with van der Waals surface area (Å²) in [7, 11) is -3.95. The summed E-state index contributed by atoms with van der Waals surface area (Å²) in [6.45, 7) is 5.01. The highest BCUT2D eigenvalue weighted by atomic mass is 32.2. The van der Waals surface area contributed by atoms with E-state index in [-0.39, 0.29) is 11.7 Å². The summed E-state index contributed by atoms with van der Waals surface area (Å²) in [6.07, 6.45) is 0.858. The van der Waals surface area contributed by atoms with Crippen molar-refractivity contribution >= 4 is 21.6 Å². The number of aryl methyl sites for hydroxylation is 2. The maximum Gasteiger partial charge on any atom is 0.241 e. The molecule has 0 aliphatic carbocycles. The monoisotopic (exact) mass is 396 g/mol. The van der Waals surface area contributed by atoms with E-state index in [4.69, 9.17) is 0 Å². The Morgan fingerprint density at radius 2 is 1.81 bits per heavy atom. The van der Waals surface area contributed by atoms with E-state index >= 15 is 0 Å². The lowest BCUT2D eigenvalue weighted by atomic mass is 10.00. The molecule has 2 aromatic rings. The molecule has 0 saturated heterocycles. The Hall–Kier alpha value is -2.48. The van der Waals surface area contributed by atoms with Gasteiger partial charge in [-0.2, -0.15) is 0 Å². The first-order valence-corrected chi connectivity index (χ1v) is 10.1. The van der Waals surface area contributed by atoms with E-state index in [0.29, 0.717) is 10.4 Å². The van der Waals surface area contributed by atoms with E-state index < -0.39 is 34.1 Å². The van der Waals surface area contributed by atoms with Crippen LogP contribution in [0, 0.1) is 25.5 Å². The molecule has 0 heterocycles. The summed E-state index contributed by atoms with van der Waals surface area (Å²) < 4.78 is 51.8. The molecule has 0 saturated carbocycles. The van der Waals surface area contributed by atoms with E-state index in [9.17, 15) is 22.0 Å². The van der Waals surface area contributed by atoms with Gasteiger partial charge in [0, 0.05) is 6.07 Å². The van der Waals surface area contributed by atoms with Crippen LogP contribution in [0.3, 0.4) is 0 Å². The summed E-state index contributed by atoms with van der Waals surface area (Å²) in [5, 5.41) is 2.73. The standard InChI is InChI=1S/C19H22F2N2O3S/c1-12-5-6-13(2)16(9-12)14(3)22-19(24)11-23(27(4,25)26)18-8-7-15(20)10-17(18)21/h5-10,14H,11H2,1-4H3,(H,22,24)/t14-/m0/s1. The fourth-order valence-corrected chi connectivity index (χ4v) is 3.64. The van der Waals surface area contributed by atoms with Crippen LogP contribution in [0.25, 0.3) is 0 Å². The minimum atomic E-state index is -3.95. The summed E-state index contributed by atoms with van der Waals surface area (Å²) >= 11 is 0. The van der Waals surface area contributed by atoms with Crippen molar-refractivity contribution in [2.75, 3.05) is 17.1 Å². The number of nitrogens with zero attached hydrogens (tertiary/aromatic N) is 1. The number of hydrogen-bond donors (Lipinski definition) is 1. The highest BCUT2D eigenvalue weighted by molar-refractivity contribution is 7.92. The molecule has 146 valence electrons. The van der Waals surface area contributed by atoms with Crippen LogP contribution in [0.1, 0.15) is 29.7 Å². The van der Waals surface area contributed by atoms with Crippen LogP contribution in [-0.2, 0) is 14.8 Å². The number of rotatable bonds is 6. The van der Waals surface area contributed by atoms with E-state index in [0.717, 1.165) is 35.1 Å². The highest BCUT2D eigenvalue weighted by Crippen LogP contribution is 2.23. The van der Waals surface area contributed by atoms with Crippen molar-refractivity contribution in [3.05, 3.63) is 64.7 Å². The molecule has 0 spiro atoms. The summed E-state index contributed by atoms with van der Waals surface area (Å²) in [5.41, 5.74) is 2.54. The molecule has 0 bridgehead atoms. The Kier molecular flexibility index (Phi) is 6.20. The van der Waals surface area contributed by atoms with Crippen molar-refractivity contribution in [3.63, 3.8) is 0 Å². The first-order valence-electron chi connectivity index (χ1n) is 8.28. The van der Waals surface area contributed by atoms with Crippen LogP contribution in [0.5, 0.6) is 0 Å². The number of halogens is 2. The number of carbonyl (C=O) groups is 1. The first kappa shape index (κ1) is 20.8. The maximum atomic E-state index is 14.0. The molecule has 0 aliphatic rings. The lowest BCUT2D eigenvalue weighted by molar-refractivity contribution is -0.120. The van der Waals surface area contributed by atoms with Crippen molar-refractivity contribution < 1.29 is 22.0 Å². The van der Waals surface area contributed by atoms with Gasteiger partial charge in [0.2, 0.25) is 15.9 Å². The van der Waals surface area contributed by atoms with Gasteiger partial charge in [-0.1, -0.05) is 23.8 Å². The molecule has 1 N–H and O–H groups in total. The third-order valence-electron chi connectivity index (χ3n) is 4.14. The fraction of sp³-hybridized carbons (Fsp3) is 0.316. The Morgan fingerprint density at radius 3 is 2.41 bits per heavy atom. The third-order valence-corrected chi connectivity index (χ3v) is 5.27. The first-order chi connectivity index (χ1) is 12.5. The van der Waals surface area contributed by atoms with Gasteiger partial charge in [-0.3, -0.25) is 9.10 Å². The second kappa shape index (κ2) is 8.04.